The quantitative estimate of drug-likeness (QED) is 0.725. The van der Waals surface area contributed by atoms with Gasteiger partial charge in [-0.25, -0.2) is 0 Å². The van der Waals surface area contributed by atoms with Crippen LogP contribution in [0, 0.1) is 0 Å². The van der Waals surface area contributed by atoms with Crippen molar-refractivity contribution in [1.29, 1.82) is 0 Å². The van der Waals surface area contributed by atoms with Gasteiger partial charge in [-0.05, 0) is 61.7 Å². The van der Waals surface area contributed by atoms with Crippen molar-refractivity contribution in [2.75, 3.05) is 28.3 Å². The first-order chi connectivity index (χ1) is 7.17. The molecule has 0 aliphatic carbocycles. The second-order valence-corrected chi connectivity index (χ2v) is 5.89. The molecular weight excluding hydrogens is 200 g/mol. The molecule has 0 radical (unpaired) electrons. The summed E-state index contributed by atoms with van der Waals surface area (Å²) < 4.78 is 5.46. The van der Waals surface area contributed by atoms with E-state index >= 15 is 0 Å². The van der Waals surface area contributed by atoms with Gasteiger partial charge < -0.3 is 15.0 Å². The third-order valence-electron chi connectivity index (χ3n) is 3.94. The average Bonchev–Trinajstić information content (AvgIpc) is 2.18. The Hall–Kier alpha value is -0.120. The Morgan fingerprint density at radius 2 is 1.69 bits per heavy atom. The van der Waals surface area contributed by atoms with E-state index in [0.29, 0.717) is 6.04 Å². The van der Waals surface area contributed by atoms with Crippen molar-refractivity contribution >= 4 is 0 Å². The molecule has 16 heavy (non-hydrogen) atoms. The van der Waals surface area contributed by atoms with Gasteiger partial charge in [0.25, 0.3) is 0 Å². The fourth-order valence-corrected chi connectivity index (χ4v) is 1.76. The number of likely N-dealkylation sites (N-methyl/N-ethyl adjacent to an activating group) is 2. The van der Waals surface area contributed by atoms with Gasteiger partial charge in [-0.3, -0.25) is 0 Å². The smallest absolute Gasteiger partial charge is 0.0623 e. The van der Waals surface area contributed by atoms with E-state index in [1.807, 2.05) is 7.05 Å². The first-order valence-corrected chi connectivity index (χ1v) is 6.07. The van der Waals surface area contributed by atoms with Crippen molar-refractivity contribution in [1.82, 2.24) is 10.2 Å². The third kappa shape index (κ3) is 4.40. The van der Waals surface area contributed by atoms with Crippen molar-refractivity contribution in [3.63, 3.8) is 0 Å². The second kappa shape index (κ2) is 5.99. The van der Waals surface area contributed by atoms with Crippen molar-refractivity contribution in [2.45, 2.75) is 57.7 Å². The number of hydrogen-bond acceptors (Lipinski definition) is 3. The van der Waals surface area contributed by atoms with Crippen LogP contribution in [-0.2, 0) is 4.74 Å². The number of hydrogen-bond donors (Lipinski definition) is 1. The zero-order valence-electron chi connectivity index (χ0n) is 12.3. The van der Waals surface area contributed by atoms with E-state index in [4.69, 9.17) is 4.74 Å². The molecule has 0 rings (SSSR count). The van der Waals surface area contributed by atoms with Crippen molar-refractivity contribution in [2.24, 2.45) is 0 Å². The summed E-state index contributed by atoms with van der Waals surface area (Å²) in [6, 6.07) is 0.469. The minimum absolute atomic E-state index is 0.0303. The maximum Gasteiger partial charge on any atom is 0.0623 e. The van der Waals surface area contributed by atoms with Gasteiger partial charge in [0.05, 0.1) is 5.60 Å². The number of rotatable bonds is 7. The highest BCUT2D eigenvalue weighted by Gasteiger charge is 2.31. The molecule has 98 valence electrons. The van der Waals surface area contributed by atoms with Gasteiger partial charge in [-0.15, -0.1) is 0 Å². The van der Waals surface area contributed by atoms with Crippen LogP contribution in [0.25, 0.3) is 0 Å². The molecule has 0 aromatic rings. The summed E-state index contributed by atoms with van der Waals surface area (Å²) in [6.07, 6.45) is 2.18. The van der Waals surface area contributed by atoms with Crippen LogP contribution in [0.1, 0.15) is 40.5 Å². The summed E-state index contributed by atoms with van der Waals surface area (Å²) in [5.41, 5.74) is 0.121. The van der Waals surface area contributed by atoms with Crippen LogP contribution < -0.4 is 5.32 Å². The van der Waals surface area contributed by atoms with Crippen molar-refractivity contribution in [3.8, 4) is 0 Å². The molecule has 3 heteroatoms. The SMILES string of the molecule is CNC(CCC(C)(C)OC)C(C)(C)N(C)C. The van der Waals surface area contributed by atoms with E-state index in [2.05, 4.69) is 52.0 Å². The zero-order valence-corrected chi connectivity index (χ0v) is 12.3. The summed E-state index contributed by atoms with van der Waals surface area (Å²) >= 11 is 0. The molecule has 0 aliphatic rings. The lowest BCUT2D eigenvalue weighted by molar-refractivity contribution is 0.00650. The first-order valence-electron chi connectivity index (χ1n) is 6.07. The number of methoxy groups -OCH3 is 1. The monoisotopic (exact) mass is 230 g/mol. The van der Waals surface area contributed by atoms with E-state index in [-0.39, 0.29) is 11.1 Å². The number of nitrogens with zero attached hydrogens (tertiary/aromatic N) is 1. The molecular formula is C13H30N2O. The van der Waals surface area contributed by atoms with E-state index < -0.39 is 0 Å². The largest absolute Gasteiger partial charge is 0.379 e. The van der Waals surface area contributed by atoms with Gasteiger partial charge in [0.15, 0.2) is 0 Å². The maximum absolute atomic E-state index is 5.46. The molecule has 1 N–H and O–H groups in total. The van der Waals surface area contributed by atoms with Gasteiger partial charge in [0.2, 0.25) is 0 Å². The predicted octanol–water partition coefficient (Wildman–Crippen LogP) is 2.12. The van der Waals surface area contributed by atoms with Crippen molar-refractivity contribution in [3.05, 3.63) is 0 Å². The minimum atomic E-state index is -0.0303. The average molecular weight is 230 g/mol. The van der Waals surface area contributed by atoms with E-state index in [1.165, 1.54) is 0 Å². The van der Waals surface area contributed by atoms with Gasteiger partial charge >= 0.3 is 0 Å². The molecule has 0 aromatic carbocycles. The predicted molar refractivity (Wildman–Crippen MR) is 70.9 cm³/mol. The van der Waals surface area contributed by atoms with Gasteiger partial charge in [-0.2, -0.15) is 0 Å². The molecule has 0 saturated heterocycles. The summed E-state index contributed by atoms with van der Waals surface area (Å²) in [5, 5.41) is 3.42. The Labute approximate surface area is 102 Å². The van der Waals surface area contributed by atoms with Crippen LogP contribution in [0.5, 0.6) is 0 Å². The Kier molecular flexibility index (Phi) is 5.94. The van der Waals surface area contributed by atoms with E-state index in [1.54, 1.807) is 7.11 Å². The Balaban J connectivity index is 4.43. The highest BCUT2D eigenvalue weighted by atomic mass is 16.5. The molecule has 0 spiro atoms. The zero-order chi connectivity index (χ0) is 13.0. The first kappa shape index (κ1) is 15.9. The van der Waals surface area contributed by atoms with Gasteiger partial charge in [0.1, 0.15) is 0 Å². The standard InChI is InChI=1S/C13H30N2O/c1-12(2,16-8)10-9-11(14-5)13(3,4)15(6)7/h11,14H,9-10H2,1-8H3. The molecule has 0 aliphatic heterocycles. The minimum Gasteiger partial charge on any atom is -0.379 e. The molecule has 3 nitrogen and oxygen atoms in total. The second-order valence-electron chi connectivity index (χ2n) is 5.89. The molecule has 0 fully saturated rings. The fraction of sp³-hybridized carbons (Fsp3) is 1.00. The van der Waals surface area contributed by atoms with Crippen LogP contribution in [0.2, 0.25) is 0 Å². The lowest BCUT2D eigenvalue weighted by Gasteiger charge is -2.41. The van der Waals surface area contributed by atoms with Crippen LogP contribution >= 0.6 is 0 Å². The van der Waals surface area contributed by atoms with Gasteiger partial charge in [0, 0.05) is 18.7 Å². The summed E-state index contributed by atoms with van der Waals surface area (Å²) in [5.74, 6) is 0. The molecule has 0 aromatic heterocycles. The lowest BCUT2D eigenvalue weighted by Crippen LogP contribution is -2.54. The van der Waals surface area contributed by atoms with Crippen LogP contribution in [-0.4, -0.2) is 50.3 Å². The topological polar surface area (TPSA) is 24.5 Å². The summed E-state index contributed by atoms with van der Waals surface area (Å²) in [7, 11) is 8.08. The van der Waals surface area contributed by atoms with Crippen LogP contribution in [0.4, 0.5) is 0 Å². The van der Waals surface area contributed by atoms with Gasteiger partial charge in [-0.1, -0.05) is 0 Å². The van der Waals surface area contributed by atoms with E-state index in [9.17, 15) is 0 Å². The fourth-order valence-electron chi connectivity index (χ4n) is 1.76. The maximum atomic E-state index is 5.46. The summed E-state index contributed by atoms with van der Waals surface area (Å²) in [4.78, 5) is 2.27. The highest BCUT2D eigenvalue weighted by Crippen LogP contribution is 2.24. The van der Waals surface area contributed by atoms with Crippen molar-refractivity contribution < 1.29 is 4.74 Å². The summed E-state index contributed by atoms with van der Waals surface area (Å²) in [6.45, 7) is 8.83. The van der Waals surface area contributed by atoms with E-state index in [0.717, 1.165) is 12.8 Å². The Morgan fingerprint density at radius 1 is 1.19 bits per heavy atom. The van der Waals surface area contributed by atoms with Crippen LogP contribution in [0.3, 0.4) is 0 Å². The molecule has 0 saturated carbocycles. The Bertz CT molecular complexity index is 200. The molecule has 0 bridgehead atoms. The molecule has 1 unspecified atom stereocenters. The lowest BCUT2D eigenvalue weighted by atomic mass is 9.87. The molecule has 0 heterocycles. The Morgan fingerprint density at radius 3 is 2.00 bits per heavy atom. The molecule has 0 amide bonds. The highest BCUT2D eigenvalue weighted by molar-refractivity contribution is 4.91. The number of ether oxygens (including phenoxy) is 1. The normalized spacial score (nSPS) is 15.6. The number of nitrogens with one attached hydrogen (secondary N) is 1. The molecule has 1 atom stereocenters. The van der Waals surface area contributed by atoms with Crippen LogP contribution in [0.15, 0.2) is 0 Å². The third-order valence-corrected chi connectivity index (χ3v) is 3.94.